The van der Waals surface area contributed by atoms with Crippen LogP contribution < -0.4 is 10.1 Å². The van der Waals surface area contributed by atoms with E-state index in [9.17, 15) is 9.59 Å². The van der Waals surface area contributed by atoms with Crippen molar-refractivity contribution in [2.45, 2.75) is 52.1 Å². The molecule has 8 nitrogen and oxygen atoms in total. The van der Waals surface area contributed by atoms with Gasteiger partial charge in [0.25, 0.3) is 0 Å². The zero-order valence-corrected chi connectivity index (χ0v) is 16.3. The van der Waals surface area contributed by atoms with Gasteiger partial charge in [-0.1, -0.05) is 0 Å². The second kappa shape index (κ2) is 8.10. The minimum atomic E-state index is -0.447. The molecule has 0 aliphatic carbocycles. The molecular weight excluding hydrogens is 348 g/mol. The topological polar surface area (TPSA) is 93.7 Å². The molecule has 1 N–H and O–H groups in total. The van der Waals surface area contributed by atoms with Crippen molar-refractivity contribution in [2.75, 3.05) is 31.6 Å². The predicted molar refractivity (Wildman–Crippen MR) is 100 cm³/mol. The predicted octanol–water partition coefficient (Wildman–Crippen LogP) is 2.89. The van der Waals surface area contributed by atoms with Crippen LogP contribution in [-0.2, 0) is 4.74 Å². The Balaban J connectivity index is 1.34. The van der Waals surface area contributed by atoms with Gasteiger partial charge in [0, 0.05) is 25.8 Å². The van der Waals surface area contributed by atoms with Gasteiger partial charge in [0.05, 0.1) is 0 Å². The number of likely N-dealkylation sites (tertiary alicyclic amines) is 1. The van der Waals surface area contributed by atoms with Crippen LogP contribution in [0.5, 0.6) is 5.88 Å². The van der Waals surface area contributed by atoms with Crippen LogP contribution in [0.1, 0.15) is 56.8 Å². The number of Topliss-reactive ketones (excluding diaryl/α,β-unsaturated/α-hetero) is 1. The van der Waals surface area contributed by atoms with Crippen molar-refractivity contribution < 1.29 is 19.1 Å². The molecule has 2 aliphatic rings. The summed E-state index contributed by atoms with van der Waals surface area (Å²) in [6.45, 7) is 7.99. The summed E-state index contributed by atoms with van der Waals surface area (Å²) in [4.78, 5) is 33.8. The fourth-order valence-electron chi connectivity index (χ4n) is 3.29. The van der Waals surface area contributed by atoms with Crippen molar-refractivity contribution in [1.29, 1.82) is 0 Å². The average Bonchev–Trinajstić information content (AvgIpc) is 2.98. The average molecular weight is 376 g/mol. The van der Waals surface area contributed by atoms with Gasteiger partial charge in [-0.15, -0.1) is 0 Å². The maximum Gasteiger partial charge on any atom is 0.410 e. The molecule has 1 saturated heterocycles. The molecule has 1 fully saturated rings. The molecule has 1 amide bonds. The highest BCUT2D eigenvalue weighted by Gasteiger charge is 2.27. The fraction of sp³-hybridized carbons (Fsp3) is 0.684. The van der Waals surface area contributed by atoms with Crippen LogP contribution in [0.25, 0.3) is 0 Å². The number of nitrogens with one attached hydrogen (secondary N) is 1. The van der Waals surface area contributed by atoms with Gasteiger partial charge in [0.15, 0.2) is 6.61 Å². The number of ether oxygens (including phenoxy) is 2. The summed E-state index contributed by atoms with van der Waals surface area (Å²) in [5.41, 5.74) is 0.00896. The van der Waals surface area contributed by atoms with Crippen LogP contribution in [0.3, 0.4) is 0 Å². The lowest BCUT2D eigenvalue weighted by atomic mass is 9.92. The van der Waals surface area contributed by atoms with Crippen LogP contribution in [0, 0.1) is 5.92 Å². The fourth-order valence-corrected chi connectivity index (χ4v) is 3.29. The highest BCUT2D eigenvalue weighted by atomic mass is 16.6. The molecule has 0 atom stereocenters. The summed E-state index contributed by atoms with van der Waals surface area (Å²) in [6, 6.07) is 0. The SMILES string of the molecule is CC(C)(C)OC(=O)N1CCC(CCCNc2ncc3c(n2)OCC3=O)CC1. The standard InChI is InChI=1S/C19H28N4O4/c1-19(2,3)27-18(25)23-9-6-13(7-10-23)5-4-8-20-17-21-11-14-15(24)12-26-16(14)22-17/h11,13H,4-10,12H2,1-3H3,(H,20,21,22). The van der Waals surface area contributed by atoms with E-state index in [1.807, 2.05) is 20.8 Å². The number of piperidine rings is 1. The molecule has 1 aromatic heterocycles. The Morgan fingerprint density at radius 2 is 2.11 bits per heavy atom. The summed E-state index contributed by atoms with van der Waals surface area (Å²) < 4.78 is 10.7. The van der Waals surface area contributed by atoms with Crippen LogP contribution >= 0.6 is 0 Å². The van der Waals surface area contributed by atoms with E-state index in [0.717, 1.165) is 45.3 Å². The first kappa shape index (κ1) is 19.4. The zero-order valence-electron chi connectivity index (χ0n) is 16.3. The molecule has 0 bridgehead atoms. The van der Waals surface area contributed by atoms with Gasteiger partial charge in [0.1, 0.15) is 11.2 Å². The Morgan fingerprint density at radius 3 is 2.81 bits per heavy atom. The molecular formula is C19H28N4O4. The quantitative estimate of drug-likeness (QED) is 0.790. The molecule has 3 heterocycles. The lowest BCUT2D eigenvalue weighted by Gasteiger charge is -2.33. The molecule has 8 heteroatoms. The zero-order chi connectivity index (χ0) is 19.4. The van der Waals surface area contributed by atoms with Gasteiger partial charge < -0.3 is 19.7 Å². The van der Waals surface area contributed by atoms with E-state index in [0.29, 0.717) is 23.3 Å². The van der Waals surface area contributed by atoms with Gasteiger partial charge >= 0.3 is 6.09 Å². The van der Waals surface area contributed by atoms with E-state index in [-0.39, 0.29) is 18.5 Å². The lowest BCUT2D eigenvalue weighted by molar-refractivity contribution is 0.0181. The first-order chi connectivity index (χ1) is 12.8. The van der Waals surface area contributed by atoms with Crippen LogP contribution in [-0.4, -0.2) is 58.6 Å². The largest absolute Gasteiger partial charge is 0.469 e. The van der Waals surface area contributed by atoms with E-state index >= 15 is 0 Å². The number of hydrogen-bond donors (Lipinski definition) is 1. The molecule has 0 spiro atoms. The number of nitrogens with zero attached hydrogens (tertiary/aromatic N) is 3. The molecule has 1 aromatic rings. The first-order valence-corrected chi connectivity index (χ1v) is 9.56. The van der Waals surface area contributed by atoms with Crippen molar-refractivity contribution in [1.82, 2.24) is 14.9 Å². The van der Waals surface area contributed by atoms with Gasteiger partial charge in [-0.05, 0) is 52.4 Å². The highest BCUT2D eigenvalue weighted by molar-refractivity contribution is 6.01. The van der Waals surface area contributed by atoms with Gasteiger partial charge in [0.2, 0.25) is 17.6 Å². The lowest BCUT2D eigenvalue weighted by Crippen LogP contribution is -2.41. The third kappa shape index (κ3) is 5.30. The van der Waals surface area contributed by atoms with E-state index < -0.39 is 5.60 Å². The number of aromatic nitrogens is 2. The number of carbonyl (C=O) groups excluding carboxylic acids is 2. The Hall–Kier alpha value is -2.38. The second-order valence-corrected chi connectivity index (χ2v) is 8.10. The van der Waals surface area contributed by atoms with Gasteiger partial charge in [-0.3, -0.25) is 4.79 Å². The number of anilines is 1. The van der Waals surface area contributed by atoms with Crippen molar-refractivity contribution in [2.24, 2.45) is 5.92 Å². The Bertz CT molecular complexity index is 693. The Labute approximate surface area is 159 Å². The van der Waals surface area contributed by atoms with Crippen molar-refractivity contribution in [3.05, 3.63) is 11.8 Å². The number of amides is 1. The van der Waals surface area contributed by atoms with E-state index in [2.05, 4.69) is 15.3 Å². The molecule has 0 aromatic carbocycles. The van der Waals surface area contributed by atoms with Crippen molar-refractivity contribution >= 4 is 17.8 Å². The summed E-state index contributed by atoms with van der Waals surface area (Å²) in [5, 5.41) is 3.18. The number of ketones is 1. The monoisotopic (exact) mass is 376 g/mol. The highest BCUT2D eigenvalue weighted by Crippen LogP contribution is 2.24. The van der Waals surface area contributed by atoms with E-state index in [4.69, 9.17) is 9.47 Å². The summed E-state index contributed by atoms with van der Waals surface area (Å²) in [5.74, 6) is 1.40. The first-order valence-electron chi connectivity index (χ1n) is 9.56. The maximum atomic E-state index is 12.1. The minimum absolute atomic E-state index is 0.0511. The smallest absolute Gasteiger partial charge is 0.410 e. The van der Waals surface area contributed by atoms with Crippen LogP contribution in [0.2, 0.25) is 0 Å². The second-order valence-electron chi connectivity index (χ2n) is 8.10. The molecule has 2 aliphatic heterocycles. The van der Waals surface area contributed by atoms with Crippen LogP contribution in [0.4, 0.5) is 10.7 Å². The normalized spacial score (nSPS) is 17.4. The van der Waals surface area contributed by atoms with E-state index in [1.54, 1.807) is 4.90 Å². The molecule has 148 valence electrons. The number of carbonyl (C=O) groups is 2. The van der Waals surface area contributed by atoms with Gasteiger partial charge in [-0.25, -0.2) is 9.78 Å². The van der Waals surface area contributed by atoms with Crippen molar-refractivity contribution in [3.63, 3.8) is 0 Å². The third-order valence-corrected chi connectivity index (χ3v) is 4.73. The molecule has 3 rings (SSSR count). The summed E-state index contributed by atoms with van der Waals surface area (Å²) in [7, 11) is 0. The van der Waals surface area contributed by atoms with E-state index in [1.165, 1.54) is 6.20 Å². The molecule has 0 unspecified atom stereocenters. The number of fused-ring (bicyclic) bond motifs is 1. The minimum Gasteiger partial charge on any atom is -0.469 e. The third-order valence-electron chi connectivity index (χ3n) is 4.73. The molecule has 0 saturated carbocycles. The van der Waals surface area contributed by atoms with Crippen LogP contribution in [0.15, 0.2) is 6.20 Å². The Kier molecular flexibility index (Phi) is 5.82. The summed E-state index contributed by atoms with van der Waals surface area (Å²) >= 11 is 0. The number of rotatable bonds is 5. The number of hydrogen-bond acceptors (Lipinski definition) is 7. The summed E-state index contributed by atoms with van der Waals surface area (Å²) in [6.07, 6.45) is 5.41. The molecule has 0 radical (unpaired) electrons. The maximum absolute atomic E-state index is 12.1. The van der Waals surface area contributed by atoms with Crippen molar-refractivity contribution in [3.8, 4) is 5.88 Å². The Morgan fingerprint density at radius 1 is 1.37 bits per heavy atom. The molecule has 27 heavy (non-hydrogen) atoms. The van der Waals surface area contributed by atoms with Gasteiger partial charge in [-0.2, -0.15) is 4.98 Å².